The molecule has 0 bridgehead atoms. The van der Waals surface area contributed by atoms with Crippen LogP contribution in [-0.2, 0) is 0 Å². The molecule has 0 N–H and O–H groups in total. The van der Waals surface area contributed by atoms with Crippen LogP contribution in [0, 0.1) is 13.8 Å². The van der Waals surface area contributed by atoms with Crippen LogP contribution in [-0.4, -0.2) is 0 Å². The molecule has 0 nitrogen and oxygen atoms in total. The fraction of sp³-hybridized carbons (Fsp3) is 0.361. The molecule has 0 fully saturated rings. The maximum atomic E-state index is 2.24. The Balaban J connectivity index is -0.000000109. The van der Waals surface area contributed by atoms with Gasteiger partial charge in [0.2, 0.25) is 0 Å². The lowest BCUT2D eigenvalue weighted by Crippen LogP contribution is -1.74. The third kappa shape index (κ3) is 44.0. The second-order valence-corrected chi connectivity index (χ2v) is 11.6. The summed E-state index contributed by atoms with van der Waals surface area (Å²) in [6, 6.07) is 75.4. The highest BCUT2D eigenvalue weighted by Crippen LogP contribution is 2.22. The van der Waals surface area contributed by atoms with Crippen molar-refractivity contribution in [2.75, 3.05) is 0 Å². The summed E-state index contributed by atoms with van der Waals surface area (Å²) in [6.07, 6.45) is 0. The van der Waals surface area contributed by atoms with Crippen LogP contribution in [0.2, 0.25) is 0 Å². The molecule has 9 aromatic carbocycles. The van der Waals surface area contributed by atoms with Crippen LogP contribution in [0.1, 0.15) is 177 Å². The van der Waals surface area contributed by atoms with E-state index in [2.05, 4.69) is 196 Å². The van der Waals surface area contributed by atoms with E-state index in [1.807, 2.05) is 203 Å². The zero-order valence-corrected chi connectivity index (χ0v) is 51.8. The molecular weight excluding hydrogens is 865 g/mol. The maximum Gasteiger partial charge on any atom is -0.0178 e. The fourth-order valence-electron chi connectivity index (χ4n) is 5.22. The van der Waals surface area contributed by atoms with Crippen LogP contribution >= 0.6 is 0 Å². The van der Waals surface area contributed by atoms with Crippen molar-refractivity contribution in [3.63, 3.8) is 0 Å². The van der Waals surface area contributed by atoms with Crippen molar-refractivity contribution < 1.29 is 0 Å². The molecule has 0 heteroatoms. The average molecular weight is 980 g/mol. The summed E-state index contributed by atoms with van der Waals surface area (Å²) >= 11 is 0. The molecule has 9 aromatic rings. The van der Waals surface area contributed by atoms with Crippen LogP contribution < -0.4 is 0 Å². The molecule has 0 unspecified atom stereocenters. The van der Waals surface area contributed by atoms with E-state index in [0.29, 0.717) is 0 Å². The van der Waals surface area contributed by atoms with E-state index in [1.54, 1.807) is 0 Å². The van der Waals surface area contributed by atoms with Crippen molar-refractivity contribution in [2.24, 2.45) is 0 Å². The van der Waals surface area contributed by atoms with Crippen molar-refractivity contribution in [1.82, 2.24) is 0 Å². The van der Waals surface area contributed by atoms with E-state index < -0.39 is 0 Å². The highest BCUT2D eigenvalue weighted by molar-refractivity contribution is 5.98. The molecule has 0 aliphatic carbocycles. The summed E-state index contributed by atoms with van der Waals surface area (Å²) in [7, 11) is 0. The Bertz CT molecular complexity index is 1900. The average Bonchev–Trinajstić information content (AvgIpc) is 3.52. The Hall–Kier alpha value is -5.98. The molecule has 72 heavy (non-hydrogen) atoms. The van der Waals surface area contributed by atoms with Crippen LogP contribution in [0.3, 0.4) is 0 Å². The van der Waals surface area contributed by atoms with Gasteiger partial charge in [-0.3, -0.25) is 0 Å². The monoisotopic (exact) mass is 979 g/mol. The number of benzene rings is 9. The second-order valence-electron chi connectivity index (χ2n) is 11.6. The molecule has 0 spiro atoms. The molecule has 0 atom stereocenters. The van der Waals surface area contributed by atoms with Gasteiger partial charge in [0.05, 0.1) is 0 Å². The number of hydrogen-bond acceptors (Lipinski definition) is 0. The van der Waals surface area contributed by atoms with Crippen molar-refractivity contribution in [3.8, 4) is 0 Å². The van der Waals surface area contributed by atoms with Crippen molar-refractivity contribution in [1.29, 1.82) is 0 Å². The summed E-state index contributed by atoms with van der Waals surface area (Å²) in [5.74, 6) is 0. The standard InChI is InChI=1S/C14H10.2C10H8.2C7H8.12C2H6/c1-2-6-12-10-14-8-4-3-7-13(14)9-11(12)5-1;2*1-2-6-10-8-4-3-7-9(10)5-1;2*1-7-5-3-2-4-6-7;12*1-2/h1-10H;2*1-8H;2*2-6H,1H3;12*1-2H3. The molecule has 0 amide bonds. The molecule has 0 saturated carbocycles. The normalized spacial score (nSPS) is 7.58. The molecule has 402 valence electrons. The predicted molar refractivity (Wildman–Crippen MR) is 348 cm³/mol. The maximum absolute atomic E-state index is 2.24. The van der Waals surface area contributed by atoms with Gasteiger partial charge < -0.3 is 0 Å². The molecular formula is C72H114. The minimum absolute atomic E-state index is 1.31. The van der Waals surface area contributed by atoms with Gasteiger partial charge in [-0.15, -0.1) is 0 Å². The van der Waals surface area contributed by atoms with E-state index in [1.165, 1.54) is 54.2 Å². The van der Waals surface area contributed by atoms with Gasteiger partial charge in [0.1, 0.15) is 0 Å². The number of aryl methyl sites for hydroxylation is 2. The van der Waals surface area contributed by atoms with Gasteiger partial charge in [0.15, 0.2) is 0 Å². The van der Waals surface area contributed by atoms with Crippen LogP contribution in [0.15, 0.2) is 218 Å². The van der Waals surface area contributed by atoms with E-state index >= 15 is 0 Å². The summed E-state index contributed by atoms with van der Waals surface area (Å²) in [4.78, 5) is 0. The Morgan fingerprint density at radius 1 is 0.139 bits per heavy atom. The first-order valence-corrected chi connectivity index (χ1v) is 28.4. The second kappa shape index (κ2) is 74.0. The summed E-state index contributed by atoms with van der Waals surface area (Å²) in [5, 5.41) is 10.5. The Morgan fingerprint density at radius 3 is 0.361 bits per heavy atom. The van der Waals surface area contributed by atoms with E-state index in [4.69, 9.17) is 0 Å². The molecule has 0 aromatic heterocycles. The summed E-state index contributed by atoms with van der Waals surface area (Å²) in [6.45, 7) is 52.2. The van der Waals surface area contributed by atoms with Crippen LogP contribution in [0.5, 0.6) is 0 Å². The van der Waals surface area contributed by atoms with E-state index in [0.717, 1.165) is 0 Å². The van der Waals surface area contributed by atoms with Crippen LogP contribution in [0.4, 0.5) is 0 Å². The Morgan fingerprint density at radius 2 is 0.250 bits per heavy atom. The number of hydrogen-bond donors (Lipinski definition) is 0. The molecule has 0 aliphatic heterocycles. The van der Waals surface area contributed by atoms with Gasteiger partial charge in [-0.2, -0.15) is 0 Å². The largest absolute Gasteiger partial charge is 0.0683 e. The SMILES string of the molecule is CC.CC.CC.CC.CC.CC.CC.CC.CC.CC.CC.CC.Cc1ccccc1.Cc1ccccc1.c1ccc2cc3ccccc3cc2c1.c1ccc2ccccc2c1.c1ccc2ccccc2c1. The smallest absolute Gasteiger partial charge is 0.0178 e. The zero-order chi connectivity index (χ0) is 57.2. The highest BCUT2D eigenvalue weighted by Gasteiger charge is 1.95. The predicted octanol–water partition coefficient (Wildman–Crippen LogP) is 26.0. The minimum atomic E-state index is 1.31. The van der Waals surface area contributed by atoms with Gasteiger partial charge in [-0.1, -0.05) is 384 Å². The number of fused-ring (bicyclic) bond motifs is 4. The Labute approximate surface area is 450 Å². The Kier molecular flexibility index (Phi) is 85.2. The fourth-order valence-corrected chi connectivity index (χ4v) is 5.22. The first-order chi connectivity index (χ1) is 35.7. The summed E-state index contributed by atoms with van der Waals surface area (Å²) in [5.41, 5.74) is 2.64. The van der Waals surface area contributed by atoms with Crippen molar-refractivity contribution >= 4 is 43.1 Å². The lowest BCUT2D eigenvalue weighted by molar-refractivity contribution is 1.48. The molecule has 9 rings (SSSR count). The highest BCUT2D eigenvalue weighted by atomic mass is 14.0. The zero-order valence-electron chi connectivity index (χ0n) is 51.8. The van der Waals surface area contributed by atoms with Gasteiger partial charge in [0.25, 0.3) is 0 Å². The first-order valence-electron chi connectivity index (χ1n) is 28.4. The van der Waals surface area contributed by atoms with Crippen molar-refractivity contribution in [3.05, 3.63) is 230 Å². The van der Waals surface area contributed by atoms with Crippen molar-refractivity contribution in [2.45, 2.75) is 180 Å². The lowest BCUT2D eigenvalue weighted by atomic mass is 10.0. The van der Waals surface area contributed by atoms with Crippen LogP contribution in [0.25, 0.3) is 43.1 Å². The summed E-state index contributed by atoms with van der Waals surface area (Å²) < 4.78 is 0. The van der Waals surface area contributed by atoms with Gasteiger partial charge in [-0.05, 0) is 69.1 Å². The van der Waals surface area contributed by atoms with Gasteiger partial charge in [0, 0.05) is 0 Å². The lowest BCUT2D eigenvalue weighted by Gasteiger charge is -2.00. The van der Waals surface area contributed by atoms with Gasteiger partial charge in [-0.25, -0.2) is 0 Å². The first kappa shape index (κ1) is 82.9. The topological polar surface area (TPSA) is 0 Å². The third-order valence-electron chi connectivity index (χ3n) is 7.81. The third-order valence-corrected chi connectivity index (χ3v) is 7.81. The molecule has 0 radical (unpaired) electrons. The number of rotatable bonds is 0. The molecule has 0 saturated heterocycles. The molecule has 0 heterocycles. The van der Waals surface area contributed by atoms with Gasteiger partial charge >= 0.3 is 0 Å². The minimum Gasteiger partial charge on any atom is -0.0683 e. The quantitative estimate of drug-likeness (QED) is 0.133. The van der Waals surface area contributed by atoms with E-state index in [-0.39, 0.29) is 0 Å². The van der Waals surface area contributed by atoms with E-state index in [9.17, 15) is 0 Å². The molecule has 0 aliphatic rings.